The number of carboxylic acids is 1. The number of hydrogen-bond donors (Lipinski definition) is 4. The summed E-state index contributed by atoms with van der Waals surface area (Å²) >= 11 is 0. The number of alkyl halides is 2. The topological polar surface area (TPSA) is 127 Å². The Morgan fingerprint density at radius 1 is 1.11 bits per heavy atom. The van der Waals surface area contributed by atoms with Gasteiger partial charge in [0, 0.05) is 30.3 Å². The third-order valence-corrected chi connectivity index (χ3v) is 5.73. The van der Waals surface area contributed by atoms with Gasteiger partial charge in [-0.25, -0.2) is 14.6 Å². The average molecular weight is 500 g/mol. The number of nitrogens with one attached hydrogen (secondary N) is 3. The molecule has 2 aromatic heterocycles. The summed E-state index contributed by atoms with van der Waals surface area (Å²) in [5, 5.41) is 14.0. The molecule has 190 valence electrons. The molecule has 0 aliphatic heterocycles. The number of amides is 3. The zero-order valence-corrected chi connectivity index (χ0v) is 20.0. The van der Waals surface area contributed by atoms with Gasteiger partial charge in [0.1, 0.15) is 5.82 Å². The molecule has 0 saturated carbocycles. The highest BCUT2D eigenvalue weighted by Crippen LogP contribution is 2.24. The first-order chi connectivity index (χ1) is 17.0. The Labute approximate surface area is 206 Å². The Balaban J connectivity index is 1.55. The fourth-order valence-corrected chi connectivity index (χ4v) is 3.43. The highest BCUT2D eigenvalue weighted by molar-refractivity contribution is 5.99. The Kier molecular flexibility index (Phi) is 8.03. The van der Waals surface area contributed by atoms with Crippen molar-refractivity contribution in [2.24, 2.45) is 0 Å². The van der Waals surface area contributed by atoms with E-state index in [0.717, 1.165) is 5.56 Å². The molecular formula is C25H27F2N5O4. The van der Waals surface area contributed by atoms with Crippen LogP contribution in [0.15, 0.2) is 54.7 Å². The zero-order chi connectivity index (χ0) is 26.5. The number of halogens is 2. The number of benzene rings is 1. The van der Waals surface area contributed by atoms with Crippen molar-refractivity contribution >= 4 is 29.4 Å². The summed E-state index contributed by atoms with van der Waals surface area (Å²) in [6, 6.07) is 12.6. The lowest BCUT2D eigenvalue weighted by Gasteiger charge is -2.24. The van der Waals surface area contributed by atoms with Crippen molar-refractivity contribution in [2.45, 2.75) is 38.7 Å². The van der Waals surface area contributed by atoms with E-state index in [1.807, 2.05) is 25.1 Å². The molecular weight excluding hydrogens is 472 g/mol. The summed E-state index contributed by atoms with van der Waals surface area (Å²) in [7, 11) is 1.58. The number of carbonyl (C=O) groups excluding carboxylic acids is 2. The van der Waals surface area contributed by atoms with Gasteiger partial charge in [-0.3, -0.25) is 10.1 Å². The van der Waals surface area contributed by atoms with Crippen LogP contribution in [0.5, 0.6) is 0 Å². The predicted octanol–water partition coefficient (Wildman–Crippen LogP) is 4.39. The van der Waals surface area contributed by atoms with E-state index in [4.69, 9.17) is 5.11 Å². The van der Waals surface area contributed by atoms with Crippen LogP contribution in [0.25, 0.3) is 0 Å². The number of para-hydroxylation sites is 1. The molecule has 0 aliphatic rings. The molecule has 0 fully saturated rings. The maximum atomic E-state index is 13.5. The molecule has 11 heteroatoms. The fourth-order valence-electron chi connectivity index (χ4n) is 3.43. The van der Waals surface area contributed by atoms with Crippen LogP contribution in [0.4, 0.5) is 25.1 Å². The number of carbonyl (C=O) groups is 3. The highest BCUT2D eigenvalue weighted by atomic mass is 19.3. The molecule has 9 nitrogen and oxygen atoms in total. The lowest BCUT2D eigenvalue weighted by atomic mass is 10.1. The van der Waals surface area contributed by atoms with E-state index in [0.29, 0.717) is 22.8 Å². The van der Waals surface area contributed by atoms with E-state index in [1.54, 1.807) is 38.2 Å². The van der Waals surface area contributed by atoms with Crippen molar-refractivity contribution in [1.82, 2.24) is 14.9 Å². The number of aliphatic carboxylic acids is 1. The summed E-state index contributed by atoms with van der Waals surface area (Å²) < 4.78 is 26.9. The normalized spacial score (nSPS) is 12.0. The van der Waals surface area contributed by atoms with Crippen LogP contribution in [-0.2, 0) is 22.4 Å². The van der Waals surface area contributed by atoms with Gasteiger partial charge in [-0.1, -0.05) is 24.3 Å². The minimum atomic E-state index is -3.89. The molecule has 0 radical (unpaired) electrons. The van der Waals surface area contributed by atoms with Crippen molar-refractivity contribution < 1.29 is 28.3 Å². The van der Waals surface area contributed by atoms with Crippen LogP contribution in [0, 0.1) is 6.92 Å². The number of nitrogens with zero attached hydrogens (tertiary/aromatic N) is 2. The van der Waals surface area contributed by atoms with Crippen LogP contribution < -0.4 is 10.6 Å². The number of anilines is 2. The van der Waals surface area contributed by atoms with Crippen molar-refractivity contribution in [3.05, 3.63) is 77.2 Å². The number of urea groups is 1. The molecule has 1 atom stereocenters. The summed E-state index contributed by atoms with van der Waals surface area (Å²) in [6.07, 6.45) is 0.552. The molecule has 0 saturated heterocycles. The van der Waals surface area contributed by atoms with Gasteiger partial charge < -0.3 is 20.3 Å². The lowest BCUT2D eigenvalue weighted by molar-refractivity contribution is -0.164. The second kappa shape index (κ2) is 11.0. The molecule has 3 amide bonds. The summed E-state index contributed by atoms with van der Waals surface area (Å²) in [5.74, 6) is -6.01. The molecule has 1 unspecified atom stereocenters. The van der Waals surface area contributed by atoms with E-state index in [1.165, 1.54) is 17.2 Å². The maximum Gasteiger partial charge on any atom is 0.374 e. The summed E-state index contributed by atoms with van der Waals surface area (Å²) in [4.78, 5) is 44.0. The summed E-state index contributed by atoms with van der Waals surface area (Å²) in [5.41, 5.74) is 2.78. The second-order valence-electron chi connectivity index (χ2n) is 8.43. The number of rotatable bonds is 9. The number of carboxylic acid groups (broad SMARTS) is 1. The first kappa shape index (κ1) is 26.3. The first-order valence-electron chi connectivity index (χ1n) is 11.1. The third-order valence-electron chi connectivity index (χ3n) is 5.73. The number of H-pyrrole nitrogens is 1. The molecule has 3 rings (SSSR count). The minimum Gasteiger partial charge on any atom is -0.477 e. The molecule has 1 aromatic carbocycles. The Bertz CT molecular complexity index is 1240. The quantitative estimate of drug-likeness (QED) is 0.347. The number of likely N-dealkylation sites (N-methyl/N-ethyl adjacent to an activating group) is 1. The first-order valence-corrected chi connectivity index (χ1v) is 11.1. The van der Waals surface area contributed by atoms with Gasteiger partial charge in [-0.15, -0.1) is 0 Å². The van der Waals surface area contributed by atoms with Gasteiger partial charge in [0.15, 0.2) is 0 Å². The third kappa shape index (κ3) is 6.65. The SMILES string of the molecule is Cc1ccccc1NC(=O)Nc1ccc(CC(=O)N(C)C(C)c2ccc(CC(F)(F)C(=O)O)[nH]2)cn1. The van der Waals surface area contributed by atoms with Crippen LogP contribution in [-0.4, -0.2) is 50.9 Å². The molecule has 0 bridgehead atoms. The van der Waals surface area contributed by atoms with Gasteiger partial charge >= 0.3 is 17.9 Å². The number of aryl methyl sites for hydroxylation is 1. The van der Waals surface area contributed by atoms with E-state index in [-0.39, 0.29) is 18.0 Å². The van der Waals surface area contributed by atoms with Crippen LogP contribution in [0.1, 0.15) is 35.5 Å². The van der Waals surface area contributed by atoms with Crippen LogP contribution in [0.2, 0.25) is 0 Å². The molecule has 36 heavy (non-hydrogen) atoms. The minimum absolute atomic E-state index is 0.0359. The average Bonchev–Trinajstić information content (AvgIpc) is 3.28. The van der Waals surface area contributed by atoms with Gasteiger partial charge in [0.25, 0.3) is 0 Å². The predicted molar refractivity (Wildman–Crippen MR) is 130 cm³/mol. The maximum absolute atomic E-state index is 13.5. The van der Waals surface area contributed by atoms with E-state index >= 15 is 0 Å². The standard InChI is InChI=1S/C25H27F2N5O4/c1-15-6-4-5-7-19(15)30-24(36)31-21-11-8-17(14-28-21)12-22(33)32(3)16(2)20-10-9-18(29-20)13-25(26,27)23(34)35/h4-11,14,16,29H,12-13H2,1-3H3,(H,34,35)(H2,28,30,31,36). The Morgan fingerprint density at radius 2 is 1.83 bits per heavy atom. The monoisotopic (exact) mass is 499 g/mol. The molecule has 0 aliphatic carbocycles. The second-order valence-corrected chi connectivity index (χ2v) is 8.43. The zero-order valence-electron chi connectivity index (χ0n) is 20.0. The van der Waals surface area contributed by atoms with Gasteiger partial charge in [-0.05, 0) is 49.2 Å². The molecule has 4 N–H and O–H groups in total. The van der Waals surface area contributed by atoms with Crippen molar-refractivity contribution in [3.63, 3.8) is 0 Å². The van der Waals surface area contributed by atoms with Crippen LogP contribution >= 0.6 is 0 Å². The van der Waals surface area contributed by atoms with E-state index in [2.05, 4.69) is 20.6 Å². The molecule has 3 aromatic rings. The molecule has 2 heterocycles. The van der Waals surface area contributed by atoms with Gasteiger partial charge in [0.2, 0.25) is 5.91 Å². The smallest absolute Gasteiger partial charge is 0.374 e. The number of aromatic nitrogens is 2. The van der Waals surface area contributed by atoms with Crippen molar-refractivity contribution in [2.75, 3.05) is 17.7 Å². The number of hydrogen-bond acceptors (Lipinski definition) is 4. The number of pyridine rings is 1. The van der Waals surface area contributed by atoms with E-state index in [9.17, 15) is 23.2 Å². The Hall–Kier alpha value is -4.28. The van der Waals surface area contributed by atoms with Crippen LogP contribution in [0.3, 0.4) is 0 Å². The number of aromatic amines is 1. The molecule has 0 spiro atoms. The van der Waals surface area contributed by atoms with E-state index < -0.39 is 30.4 Å². The van der Waals surface area contributed by atoms with Gasteiger partial charge in [-0.2, -0.15) is 8.78 Å². The van der Waals surface area contributed by atoms with Crippen molar-refractivity contribution in [3.8, 4) is 0 Å². The fraction of sp³-hybridized carbons (Fsp3) is 0.280. The van der Waals surface area contributed by atoms with Crippen molar-refractivity contribution in [1.29, 1.82) is 0 Å². The Morgan fingerprint density at radius 3 is 2.47 bits per heavy atom. The van der Waals surface area contributed by atoms with Gasteiger partial charge in [0.05, 0.1) is 18.9 Å². The highest BCUT2D eigenvalue weighted by Gasteiger charge is 2.39. The lowest BCUT2D eigenvalue weighted by Crippen LogP contribution is -2.32. The largest absolute Gasteiger partial charge is 0.477 e. The summed E-state index contributed by atoms with van der Waals surface area (Å²) in [6.45, 7) is 3.60.